The number of hydrogen-bond acceptors (Lipinski definition) is 1. The molecule has 1 aliphatic rings. The van der Waals surface area contributed by atoms with Crippen molar-refractivity contribution in [3.8, 4) is 5.75 Å². The zero-order chi connectivity index (χ0) is 22.3. The van der Waals surface area contributed by atoms with Crippen molar-refractivity contribution in [3.05, 3.63) is 51.4 Å². The SMILES string of the molecule is CC(C)(C)c1cccc(C(C)(C)C)c1[O][Ti]([CH3])([CH3])([CH3])([CH3])([CH3])([Cl])([Cl])[C]1=CC=CC1. The Morgan fingerprint density at radius 3 is 1.57 bits per heavy atom. The van der Waals surface area contributed by atoms with Crippen LogP contribution in [-0.2, 0) is 19.3 Å². The number of halogens is 2. The van der Waals surface area contributed by atoms with Crippen molar-refractivity contribution >= 4 is 18.6 Å². The van der Waals surface area contributed by atoms with Crippen molar-refractivity contribution in [1.82, 2.24) is 0 Å². The summed E-state index contributed by atoms with van der Waals surface area (Å²) in [6.07, 6.45) is 6.83. The Hall–Kier alpha value is -0.206. The first-order valence-corrected chi connectivity index (χ1v) is 24.0. The summed E-state index contributed by atoms with van der Waals surface area (Å²) in [7, 11) is 9.37. The number of hydrogen-bond donors (Lipinski definition) is 0. The Morgan fingerprint density at radius 2 is 1.25 bits per heavy atom. The van der Waals surface area contributed by atoms with Gasteiger partial charge in [-0.2, -0.15) is 0 Å². The third kappa shape index (κ3) is 4.59. The zero-order valence-electron chi connectivity index (χ0n) is 19.8. The van der Waals surface area contributed by atoms with Gasteiger partial charge in [-0.3, -0.25) is 0 Å². The first-order valence-electron chi connectivity index (χ1n) is 10.5. The molecule has 0 N–H and O–H groups in total. The van der Waals surface area contributed by atoms with Gasteiger partial charge in [-0.1, -0.05) is 0 Å². The molecular formula is C24H41Cl2OTi. The molecule has 1 nitrogen and oxygen atoms in total. The third-order valence-corrected chi connectivity index (χ3v) is 17.8. The van der Waals surface area contributed by atoms with Gasteiger partial charge < -0.3 is 0 Å². The second-order valence-electron chi connectivity index (χ2n) is 17.3. The van der Waals surface area contributed by atoms with Crippen LogP contribution in [-0.4, -0.2) is 0 Å². The fourth-order valence-corrected chi connectivity index (χ4v) is 12.4. The van der Waals surface area contributed by atoms with Crippen LogP contribution in [0.1, 0.15) is 59.1 Å². The van der Waals surface area contributed by atoms with E-state index in [0.29, 0.717) is 6.42 Å². The van der Waals surface area contributed by atoms with Gasteiger partial charge in [0.05, 0.1) is 0 Å². The number of rotatable bonds is 3. The van der Waals surface area contributed by atoms with Crippen LogP contribution in [0, 0.1) is 0 Å². The molecule has 1 aromatic carbocycles. The minimum absolute atomic E-state index is 0.130. The van der Waals surface area contributed by atoms with Gasteiger partial charge in [0.25, 0.3) is 0 Å². The van der Waals surface area contributed by atoms with Crippen molar-refractivity contribution in [1.29, 1.82) is 0 Å². The van der Waals surface area contributed by atoms with Crippen LogP contribution in [0.3, 0.4) is 0 Å². The van der Waals surface area contributed by atoms with Gasteiger partial charge in [-0.05, 0) is 0 Å². The van der Waals surface area contributed by atoms with E-state index in [1.54, 1.807) is 0 Å². The molecule has 0 bridgehead atoms. The summed E-state index contributed by atoms with van der Waals surface area (Å²) in [5, 5.41) is 9.83. The van der Waals surface area contributed by atoms with E-state index in [4.69, 9.17) is 21.9 Å². The second-order valence-corrected chi connectivity index (χ2v) is 69.6. The molecule has 2 rings (SSSR count). The molecule has 4 heteroatoms. The van der Waals surface area contributed by atoms with E-state index in [9.17, 15) is 0 Å². The Kier molecular flexibility index (Phi) is 3.33. The molecule has 1 aliphatic carbocycles. The molecule has 28 heavy (non-hydrogen) atoms. The quantitative estimate of drug-likeness (QED) is 0.405. The molecule has 0 radical (unpaired) electrons. The molecule has 0 aliphatic heterocycles. The number of benzene rings is 1. The van der Waals surface area contributed by atoms with Crippen molar-refractivity contribution in [2.75, 3.05) is 0 Å². The first kappa shape index (κ1) is 24.1. The van der Waals surface area contributed by atoms with Gasteiger partial charge in [-0.15, -0.1) is 0 Å². The molecule has 0 heterocycles. The molecular weight excluding hydrogens is 423 g/mol. The van der Waals surface area contributed by atoms with E-state index in [-0.39, 0.29) is 10.8 Å². The summed E-state index contributed by atoms with van der Waals surface area (Å²) in [6.45, 7) is 13.2. The van der Waals surface area contributed by atoms with E-state index in [1.807, 2.05) is 38.3 Å². The standard InChI is InChI=1S/C14H22O.C5H5.5CH3.2ClH.Ti/c1-13(2,3)10-8-7-9-11(12(10)15)14(4,5)6;1-2-4-5-3-1;;;;;;;;/h7-9,15H,1-6H3;1-3H,4H2;5*1H3;2*1H;/q;;;;;;;;;+3/p-3. The van der Waals surface area contributed by atoms with Gasteiger partial charge >= 0.3 is 172 Å². The van der Waals surface area contributed by atoms with Crippen molar-refractivity contribution < 1.29 is 11.8 Å². The molecule has 0 aromatic heterocycles. The van der Waals surface area contributed by atoms with Gasteiger partial charge in [0.1, 0.15) is 0 Å². The van der Waals surface area contributed by atoms with Crippen LogP contribution in [0.4, 0.5) is 0 Å². The Morgan fingerprint density at radius 1 is 0.821 bits per heavy atom. The van der Waals surface area contributed by atoms with Crippen LogP contribution >= 0.6 is 18.6 Å². The van der Waals surface area contributed by atoms with Gasteiger partial charge in [0, 0.05) is 0 Å². The van der Waals surface area contributed by atoms with E-state index >= 15 is 0 Å². The fraction of sp³-hybridized carbons (Fsp3) is 0.583. The molecule has 0 amide bonds. The van der Waals surface area contributed by atoms with Crippen molar-refractivity contribution in [3.63, 3.8) is 0 Å². The van der Waals surface area contributed by atoms with Gasteiger partial charge in [0.2, 0.25) is 0 Å². The summed E-state index contributed by atoms with van der Waals surface area (Å²) in [6, 6.07) is 6.37. The maximum atomic E-state index is 7.99. The van der Waals surface area contributed by atoms with Gasteiger partial charge in [-0.25, -0.2) is 0 Å². The topological polar surface area (TPSA) is 9.23 Å². The molecule has 161 valence electrons. The van der Waals surface area contributed by atoms with Crippen molar-refractivity contribution in [2.24, 2.45) is 0 Å². The molecule has 0 saturated carbocycles. The fourth-order valence-electron chi connectivity index (χ4n) is 4.12. The Bertz CT molecular complexity index is 945. The number of para-hydroxylation sites is 1. The maximum absolute atomic E-state index is 7.99. The van der Waals surface area contributed by atoms with Crippen LogP contribution in [0.2, 0.25) is 26.1 Å². The Balaban J connectivity index is 3.08. The Labute approximate surface area is 171 Å². The van der Waals surface area contributed by atoms with E-state index in [0.717, 1.165) is 20.8 Å². The molecule has 0 spiro atoms. The predicted octanol–water partition coefficient (Wildman–Crippen LogP) is 9.80. The van der Waals surface area contributed by atoms with Crippen LogP contribution in [0.5, 0.6) is 5.75 Å². The zero-order valence-corrected chi connectivity index (χ0v) is 22.9. The number of allylic oxidation sites excluding steroid dienone is 4. The molecule has 0 atom stereocenters. The molecule has 0 unspecified atom stereocenters. The summed E-state index contributed by atoms with van der Waals surface area (Å²) in [5.74, 6) is 0.807. The first-order chi connectivity index (χ1) is 11.5. The minimum atomic E-state index is -6.60. The van der Waals surface area contributed by atoms with E-state index in [2.05, 4.69) is 65.8 Å². The molecule has 0 fully saturated rings. The molecule has 1 aromatic rings. The average molecular weight is 464 g/mol. The summed E-state index contributed by atoms with van der Waals surface area (Å²) in [4.78, 5) is 0. The normalized spacial score (nSPS) is 23.3. The average Bonchev–Trinajstić information content (AvgIpc) is 2.88. The van der Waals surface area contributed by atoms with Crippen LogP contribution in [0.25, 0.3) is 0 Å². The van der Waals surface area contributed by atoms with Crippen molar-refractivity contribution in [2.45, 2.75) is 84.9 Å². The van der Waals surface area contributed by atoms with E-state index < -0.39 is 8.44 Å². The summed E-state index contributed by atoms with van der Waals surface area (Å²) >= 11 is 0. The monoisotopic (exact) mass is 463 g/mol. The predicted molar refractivity (Wildman–Crippen MR) is 127 cm³/mol. The van der Waals surface area contributed by atoms with E-state index in [1.165, 1.54) is 0 Å². The third-order valence-electron chi connectivity index (χ3n) is 6.12. The van der Waals surface area contributed by atoms with Crippen LogP contribution < -0.4 is 3.32 Å². The summed E-state index contributed by atoms with van der Waals surface area (Å²) < 4.78 is 8.25. The second kappa shape index (κ2) is 3.88. The molecule has 0 saturated heterocycles. The van der Waals surface area contributed by atoms with Gasteiger partial charge in [0.15, 0.2) is 0 Å². The van der Waals surface area contributed by atoms with Crippen LogP contribution in [0.15, 0.2) is 40.3 Å². The summed E-state index contributed by atoms with van der Waals surface area (Å²) in [5.41, 5.74) is 1.96.